The number of hydrogen-bond donors (Lipinski definition) is 2. The van der Waals surface area contributed by atoms with Gasteiger partial charge in [0.15, 0.2) is 0 Å². The molecule has 0 bridgehead atoms. The predicted octanol–water partition coefficient (Wildman–Crippen LogP) is 2.58. The van der Waals surface area contributed by atoms with Crippen LogP contribution < -0.4 is 15.8 Å². The van der Waals surface area contributed by atoms with Gasteiger partial charge in [0, 0.05) is 25.2 Å². The molecule has 0 radical (unpaired) electrons. The van der Waals surface area contributed by atoms with E-state index in [0.29, 0.717) is 13.2 Å². The zero-order chi connectivity index (χ0) is 16.4. The number of para-hydroxylation sites is 1. The Morgan fingerprint density at radius 2 is 1.96 bits per heavy atom. The Balaban J connectivity index is 0.00000208. The van der Waals surface area contributed by atoms with Gasteiger partial charge in [-0.05, 0) is 38.7 Å². The van der Waals surface area contributed by atoms with Crippen LogP contribution >= 0.6 is 12.4 Å². The van der Waals surface area contributed by atoms with Crippen LogP contribution in [0.4, 0.5) is 0 Å². The first-order chi connectivity index (χ1) is 11.0. The summed E-state index contributed by atoms with van der Waals surface area (Å²) < 4.78 is 11.4. The highest BCUT2D eigenvalue weighted by Crippen LogP contribution is 2.39. The number of benzene rings is 1. The molecule has 0 aliphatic carbocycles. The van der Waals surface area contributed by atoms with Gasteiger partial charge in [-0.2, -0.15) is 0 Å². The van der Waals surface area contributed by atoms with Crippen LogP contribution in [0.2, 0.25) is 0 Å². The maximum Gasteiger partial charge on any atom is 0.237 e. The molecule has 6 heteroatoms. The lowest BCUT2D eigenvalue weighted by atomic mass is 9.88. The highest BCUT2D eigenvalue weighted by molar-refractivity contribution is 5.85. The van der Waals surface area contributed by atoms with Gasteiger partial charge >= 0.3 is 0 Å². The lowest BCUT2D eigenvalue weighted by Gasteiger charge is -2.38. The zero-order valence-corrected chi connectivity index (χ0v) is 15.1. The van der Waals surface area contributed by atoms with Gasteiger partial charge in [0.25, 0.3) is 0 Å². The molecule has 5 nitrogen and oxygen atoms in total. The van der Waals surface area contributed by atoms with E-state index in [9.17, 15) is 4.79 Å². The van der Waals surface area contributed by atoms with Gasteiger partial charge in [0.2, 0.25) is 5.91 Å². The zero-order valence-electron chi connectivity index (χ0n) is 14.3. The molecule has 0 spiro atoms. The first-order valence-electron chi connectivity index (χ1n) is 8.38. The van der Waals surface area contributed by atoms with Crippen LogP contribution in [0.1, 0.15) is 44.7 Å². The van der Waals surface area contributed by atoms with Gasteiger partial charge in [-0.3, -0.25) is 4.79 Å². The first kappa shape index (κ1) is 19.0. The Morgan fingerprint density at radius 3 is 2.67 bits per heavy atom. The molecule has 0 aromatic heterocycles. The minimum absolute atomic E-state index is 0. The highest BCUT2D eigenvalue weighted by Gasteiger charge is 2.36. The summed E-state index contributed by atoms with van der Waals surface area (Å²) in [5, 5.41) is 3.14. The molecule has 1 saturated heterocycles. The Labute approximate surface area is 149 Å². The van der Waals surface area contributed by atoms with Crippen molar-refractivity contribution < 1.29 is 14.3 Å². The molecule has 3 rings (SSSR count). The third-order valence-electron chi connectivity index (χ3n) is 4.77. The molecule has 2 atom stereocenters. The molecule has 1 fully saturated rings. The summed E-state index contributed by atoms with van der Waals surface area (Å²) in [6.07, 6.45) is 2.44. The average molecular weight is 355 g/mol. The fourth-order valence-corrected chi connectivity index (χ4v) is 3.49. The fourth-order valence-electron chi connectivity index (χ4n) is 3.49. The maximum atomic E-state index is 12.6. The second-order valence-corrected chi connectivity index (χ2v) is 7.14. The van der Waals surface area contributed by atoms with Gasteiger partial charge in [-0.15, -0.1) is 12.4 Å². The van der Waals surface area contributed by atoms with E-state index in [1.807, 2.05) is 38.1 Å². The van der Waals surface area contributed by atoms with Crippen LogP contribution in [0.15, 0.2) is 24.3 Å². The predicted molar refractivity (Wildman–Crippen MR) is 95.4 cm³/mol. The van der Waals surface area contributed by atoms with E-state index in [4.69, 9.17) is 15.2 Å². The quantitative estimate of drug-likeness (QED) is 0.875. The molecule has 2 aliphatic rings. The Kier molecular flexibility index (Phi) is 6.12. The van der Waals surface area contributed by atoms with Crippen LogP contribution in [-0.2, 0) is 9.53 Å². The van der Waals surface area contributed by atoms with E-state index in [1.165, 1.54) is 0 Å². The third kappa shape index (κ3) is 4.21. The highest BCUT2D eigenvalue weighted by atomic mass is 35.5. The van der Waals surface area contributed by atoms with E-state index in [2.05, 4.69) is 5.32 Å². The molecule has 0 saturated carbocycles. The minimum Gasteiger partial charge on any atom is -0.487 e. The molecule has 3 N–H and O–H groups in total. The van der Waals surface area contributed by atoms with Crippen LogP contribution in [0.3, 0.4) is 0 Å². The van der Waals surface area contributed by atoms with Crippen molar-refractivity contribution in [1.82, 2.24) is 5.32 Å². The number of hydrogen-bond acceptors (Lipinski definition) is 4. The van der Waals surface area contributed by atoms with Crippen LogP contribution in [0.25, 0.3) is 0 Å². The molecule has 24 heavy (non-hydrogen) atoms. The van der Waals surface area contributed by atoms with Crippen molar-refractivity contribution in [2.24, 2.45) is 11.7 Å². The van der Waals surface area contributed by atoms with Crippen molar-refractivity contribution in [3.05, 3.63) is 29.8 Å². The van der Waals surface area contributed by atoms with E-state index in [-0.39, 0.29) is 35.9 Å². The van der Waals surface area contributed by atoms with E-state index in [0.717, 1.165) is 30.6 Å². The maximum absolute atomic E-state index is 12.6. The SMILES string of the molecule is CC1(C)CC(NC(=O)C(N)C2CCOCC2)c2ccccc2O1.Cl. The van der Waals surface area contributed by atoms with Crippen LogP contribution in [0.5, 0.6) is 5.75 Å². The van der Waals surface area contributed by atoms with Gasteiger partial charge in [-0.1, -0.05) is 18.2 Å². The number of nitrogens with two attached hydrogens (primary N) is 1. The lowest BCUT2D eigenvalue weighted by Crippen LogP contribution is -2.50. The Morgan fingerprint density at radius 1 is 1.29 bits per heavy atom. The van der Waals surface area contributed by atoms with Crippen molar-refractivity contribution >= 4 is 18.3 Å². The molecule has 1 amide bonds. The number of rotatable bonds is 3. The fraction of sp³-hybridized carbons (Fsp3) is 0.611. The summed E-state index contributed by atoms with van der Waals surface area (Å²) in [6.45, 7) is 5.47. The largest absolute Gasteiger partial charge is 0.487 e. The molecule has 2 aliphatic heterocycles. The van der Waals surface area contributed by atoms with E-state index >= 15 is 0 Å². The van der Waals surface area contributed by atoms with Gasteiger partial charge in [0.1, 0.15) is 11.4 Å². The summed E-state index contributed by atoms with van der Waals surface area (Å²) in [4.78, 5) is 12.6. The molecule has 2 unspecified atom stereocenters. The molecule has 134 valence electrons. The first-order valence-corrected chi connectivity index (χ1v) is 8.38. The summed E-state index contributed by atoms with van der Waals surface area (Å²) in [6, 6.07) is 7.35. The number of ether oxygens (including phenoxy) is 2. The van der Waals surface area contributed by atoms with Gasteiger partial charge < -0.3 is 20.5 Å². The molecular weight excluding hydrogens is 328 g/mol. The minimum atomic E-state index is -0.475. The van der Waals surface area contributed by atoms with Gasteiger partial charge in [-0.25, -0.2) is 0 Å². The monoisotopic (exact) mass is 354 g/mol. The molecule has 1 aromatic rings. The summed E-state index contributed by atoms with van der Waals surface area (Å²) in [5.41, 5.74) is 6.91. The average Bonchev–Trinajstić information content (AvgIpc) is 2.54. The molecule has 2 heterocycles. The lowest BCUT2D eigenvalue weighted by molar-refractivity contribution is -0.125. The second-order valence-electron chi connectivity index (χ2n) is 7.14. The topological polar surface area (TPSA) is 73.6 Å². The third-order valence-corrected chi connectivity index (χ3v) is 4.77. The van der Waals surface area contributed by atoms with Crippen molar-refractivity contribution in [1.29, 1.82) is 0 Å². The van der Waals surface area contributed by atoms with Crippen molar-refractivity contribution in [3.8, 4) is 5.75 Å². The standard InChI is InChI=1S/C18H26N2O3.ClH/c1-18(2)11-14(13-5-3-4-6-15(13)23-18)20-17(21)16(19)12-7-9-22-10-8-12;/h3-6,12,14,16H,7-11,19H2,1-2H3,(H,20,21);1H. The van der Waals surface area contributed by atoms with Gasteiger partial charge in [0.05, 0.1) is 12.1 Å². The summed E-state index contributed by atoms with van der Waals surface area (Å²) in [5.74, 6) is 0.968. The number of carbonyl (C=O) groups is 1. The van der Waals surface area contributed by atoms with Crippen molar-refractivity contribution in [3.63, 3.8) is 0 Å². The van der Waals surface area contributed by atoms with Crippen LogP contribution in [0, 0.1) is 5.92 Å². The number of carbonyl (C=O) groups excluding carboxylic acids is 1. The number of fused-ring (bicyclic) bond motifs is 1. The summed E-state index contributed by atoms with van der Waals surface area (Å²) in [7, 11) is 0. The smallest absolute Gasteiger partial charge is 0.237 e. The van der Waals surface area contributed by atoms with E-state index in [1.54, 1.807) is 0 Å². The number of halogens is 1. The molecular formula is C18H27ClN2O3. The number of amides is 1. The normalized spacial score (nSPS) is 24.0. The second kappa shape index (κ2) is 7.72. The Bertz CT molecular complexity index is 573. The van der Waals surface area contributed by atoms with Crippen molar-refractivity contribution in [2.45, 2.75) is 50.8 Å². The van der Waals surface area contributed by atoms with Crippen LogP contribution in [-0.4, -0.2) is 30.8 Å². The van der Waals surface area contributed by atoms with Crippen molar-refractivity contribution in [2.75, 3.05) is 13.2 Å². The number of nitrogens with one attached hydrogen (secondary N) is 1. The Hall–Kier alpha value is -1.30. The van der Waals surface area contributed by atoms with E-state index < -0.39 is 6.04 Å². The summed E-state index contributed by atoms with van der Waals surface area (Å²) >= 11 is 0. The molecule has 1 aromatic carbocycles.